The van der Waals surface area contributed by atoms with E-state index in [1.165, 1.54) is 51.5 Å². The lowest BCUT2D eigenvalue weighted by molar-refractivity contribution is 0.670. The van der Waals surface area contributed by atoms with Gasteiger partial charge in [0.1, 0.15) is 11.2 Å². The minimum atomic E-state index is 0.883. The van der Waals surface area contributed by atoms with Crippen LogP contribution >= 0.6 is 22.7 Å². The molecule has 3 heterocycles. The van der Waals surface area contributed by atoms with Crippen LogP contribution < -0.4 is 4.90 Å². The largest absolute Gasteiger partial charge is 0.455 e. The number of hydrogen-bond donors (Lipinski definition) is 0. The maximum atomic E-state index is 6.79. The zero-order chi connectivity index (χ0) is 34.2. The third-order valence-corrected chi connectivity index (χ3v) is 12.6. The van der Waals surface area contributed by atoms with E-state index in [4.69, 9.17) is 4.42 Å². The van der Waals surface area contributed by atoms with Crippen LogP contribution in [0, 0.1) is 0 Å². The summed E-state index contributed by atoms with van der Waals surface area (Å²) in [5.74, 6) is 0. The summed E-state index contributed by atoms with van der Waals surface area (Å²) in [7, 11) is 0. The minimum Gasteiger partial charge on any atom is -0.455 e. The first-order valence-corrected chi connectivity index (χ1v) is 19.1. The number of rotatable bonds is 5. The van der Waals surface area contributed by atoms with E-state index < -0.39 is 0 Å². The van der Waals surface area contributed by atoms with Crippen molar-refractivity contribution in [1.29, 1.82) is 0 Å². The summed E-state index contributed by atoms with van der Waals surface area (Å²) in [4.78, 5) is 2.48. The van der Waals surface area contributed by atoms with Crippen LogP contribution in [0.3, 0.4) is 0 Å². The van der Waals surface area contributed by atoms with Gasteiger partial charge in [-0.25, -0.2) is 0 Å². The molecule has 0 saturated heterocycles. The maximum absolute atomic E-state index is 6.79. The standard InChI is InChI=1S/C48H29NOS2/c1-3-13-30(14-4-1)33-26-27-40(46-36-17-7-9-22-41(36)50-47(33)46)49(39-21-12-24-44-45(39)37-18-8-10-23-42(37)51-44)32-25-28-43-38(29-32)35-20-11-19-34(48(35)52-43)31-15-5-2-6-16-31/h1-29H. The van der Waals surface area contributed by atoms with Crippen LogP contribution in [0.1, 0.15) is 0 Å². The monoisotopic (exact) mass is 699 g/mol. The highest BCUT2D eigenvalue weighted by Crippen LogP contribution is 2.51. The molecule has 2 nitrogen and oxygen atoms in total. The van der Waals surface area contributed by atoms with Crippen LogP contribution in [0.5, 0.6) is 0 Å². The van der Waals surface area contributed by atoms with E-state index in [9.17, 15) is 0 Å². The van der Waals surface area contributed by atoms with Crippen LogP contribution in [-0.4, -0.2) is 0 Å². The smallest absolute Gasteiger partial charge is 0.145 e. The first-order valence-electron chi connectivity index (χ1n) is 17.5. The molecule has 0 aliphatic rings. The minimum absolute atomic E-state index is 0.883. The van der Waals surface area contributed by atoms with E-state index in [2.05, 4.69) is 181 Å². The number of furan rings is 1. The number of para-hydroxylation sites is 1. The molecule has 0 atom stereocenters. The van der Waals surface area contributed by atoms with Crippen LogP contribution in [0.2, 0.25) is 0 Å². The summed E-state index contributed by atoms with van der Waals surface area (Å²) in [6, 6.07) is 63.5. The molecule has 8 aromatic carbocycles. The Bertz CT molecular complexity index is 3130. The van der Waals surface area contributed by atoms with E-state index in [-0.39, 0.29) is 0 Å². The van der Waals surface area contributed by atoms with Crippen LogP contribution in [0.25, 0.3) is 84.5 Å². The molecule has 52 heavy (non-hydrogen) atoms. The lowest BCUT2D eigenvalue weighted by atomic mass is 9.99. The Balaban J connectivity index is 1.24. The molecule has 0 radical (unpaired) electrons. The van der Waals surface area contributed by atoms with Gasteiger partial charge in [0.15, 0.2) is 0 Å². The maximum Gasteiger partial charge on any atom is 0.145 e. The lowest BCUT2D eigenvalue weighted by Crippen LogP contribution is -2.11. The second-order valence-electron chi connectivity index (χ2n) is 13.2. The highest BCUT2D eigenvalue weighted by atomic mass is 32.1. The second kappa shape index (κ2) is 11.7. The van der Waals surface area contributed by atoms with E-state index in [0.29, 0.717) is 0 Å². The Kier molecular flexibility index (Phi) is 6.63. The number of anilines is 3. The molecule has 244 valence electrons. The number of benzene rings is 8. The number of hydrogen-bond acceptors (Lipinski definition) is 4. The van der Waals surface area contributed by atoms with E-state index >= 15 is 0 Å². The predicted molar refractivity (Wildman–Crippen MR) is 225 cm³/mol. The SMILES string of the molecule is c1ccc(-c2ccc(N(c3ccc4sc5c(-c6ccccc6)cccc5c4c3)c3cccc4sc5ccccc5c34)c3c2oc2ccccc23)cc1. The normalized spacial score (nSPS) is 11.8. The van der Waals surface area contributed by atoms with Gasteiger partial charge in [-0.2, -0.15) is 0 Å². The molecule has 0 aliphatic carbocycles. The predicted octanol–water partition coefficient (Wildman–Crippen LogP) is 15.1. The number of fused-ring (bicyclic) bond motifs is 9. The average Bonchev–Trinajstić information content (AvgIpc) is 3.90. The molecule has 0 fully saturated rings. The van der Waals surface area contributed by atoms with Crippen molar-refractivity contribution in [2.24, 2.45) is 0 Å². The van der Waals surface area contributed by atoms with Gasteiger partial charge in [-0.15, -0.1) is 22.7 Å². The summed E-state index contributed by atoms with van der Waals surface area (Å²) in [6.45, 7) is 0. The summed E-state index contributed by atoms with van der Waals surface area (Å²) >= 11 is 3.73. The lowest BCUT2D eigenvalue weighted by Gasteiger charge is -2.28. The Hall–Kier alpha value is -6.20. The molecule has 0 bridgehead atoms. The fourth-order valence-electron chi connectivity index (χ4n) is 7.96. The highest BCUT2D eigenvalue weighted by Gasteiger charge is 2.25. The molecular formula is C48H29NOS2. The van der Waals surface area contributed by atoms with Gasteiger partial charge in [0.05, 0.1) is 16.8 Å². The van der Waals surface area contributed by atoms with Crippen molar-refractivity contribution in [2.45, 2.75) is 0 Å². The molecule has 11 aromatic rings. The van der Waals surface area contributed by atoms with Gasteiger partial charge >= 0.3 is 0 Å². The molecule has 0 N–H and O–H groups in total. The fourth-order valence-corrected chi connectivity index (χ4v) is 10.3. The van der Waals surface area contributed by atoms with Crippen LogP contribution in [-0.2, 0) is 0 Å². The zero-order valence-corrected chi connectivity index (χ0v) is 29.5. The van der Waals surface area contributed by atoms with Gasteiger partial charge < -0.3 is 9.32 Å². The Morgan fingerprint density at radius 1 is 0.404 bits per heavy atom. The molecule has 0 unspecified atom stereocenters. The molecule has 3 aromatic heterocycles. The van der Waals surface area contributed by atoms with E-state index in [1.54, 1.807) is 0 Å². The quantitative estimate of drug-likeness (QED) is 0.178. The average molecular weight is 700 g/mol. The molecule has 0 aliphatic heterocycles. The Morgan fingerprint density at radius 2 is 1.06 bits per heavy atom. The van der Waals surface area contributed by atoms with Crippen molar-refractivity contribution in [3.63, 3.8) is 0 Å². The van der Waals surface area contributed by atoms with Crippen molar-refractivity contribution < 1.29 is 4.42 Å². The zero-order valence-electron chi connectivity index (χ0n) is 27.9. The summed E-state index contributed by atoms with van der Waals surface area (Å²) in [5, 5.41) is 7.28. The van der Waals surface area contributed by atoms with Crippen molar-refractivity contribution in [3.8, 4) is 22.3 Å². The molecule has 11 rings (SSSR count). The van der Waals surface area contributed by atoms with Crippen molar-refractivity contribution in [3.05, 3.63) is 176 Å². The van der Waals surface area contributed by atoms with Gasteiger partial charge in [0.25, 0.3) is 0 Å². The number of nitrogens with zero attached hydrogens (tertiary/aromatic N) is 1. The van der Waals surface area contributed by atoms with Crippen molar-refractivity contribution in [2.75, 3.05) is 4.90 Å². The van der Waals surface area contributed by atoms with Crippen molar-refractivity contribution >= 4 is 102 Å². The number of thiophene rings is 2. The molecule has 0 amide bonds. The summed E-state index contributed by atoms with van der Waals surface area (Å²) in [5.41, 5.74) is 9.86. The fraction of sp³-hybridized carbons (Fsp3) is 0. The van der Waals surface area contributed by atoms with Crippen LogP contribution in [0.15, 0.2) is 180 Å². The first kappa shape index (κ1) is 29.5. The van der Waals surface area contributed by atoms with Crippen LogP contribution in [0.4, 0.5) is 17.1 Å². The molecule has 0 saturated carbocycles. The molecule has 4 heteroatoms. The van der Waals surface area contributed by atoms with Gasteiger partial charge in [-0.3, -0.25) is 0 Å². The summed E-state index contributed by atoms with van der Waals surface area (Å²) in [6.07, 6.45) is 0. The molecular weight excluding hydrogens is 671 g/mol. The van der Waals surface area contributed by atoms with E-state index in [1.807, 2.05) is 22.7 Å². The second-order valence-corrected chi connectivity index (χ2v) is 15.4. The third-order valence-electron chi connectivity index (χ3n) is 10.3. The Labute approximate surface area is 308 Å². The van der Waals surface area contributed by atoms with Gasteiger partial charge in [-0.05, 0) is 71.3 Å². The Morgan fingerprint density at radius 3 is 1.90 bits per heavy atom. The first-order chi connectivity index (χ1) is 25.8. The van der Waals surface area contributed by atoms with Crippen molar-refractivity contribution in [1.82, 2.24) is 0 Å². The summed E-state index contributed by atoms with van der Waals surface area (Å²) < 4.78 is 11.9. The van der Waals surface area contributed by atoms with E-state index in [0.717, 1.165) is 50.1 Å². The highest BCUT2D eigenvalue weighted by molar-refractivity contribution is 7.26. The third kappa shape index (κ3) is 4.48. The molecule has 0 spiro atoms. The van der Waals surface area contributed by atoms with Gasteiger partial charge in [0.2, 0.25) is 0 Å². The topological polar surface area (TPSA) is 16.4 Å². The van der Waals surface area contributed by atoms with Gasteiger partial charge in [0, 0.05) is 57.0 Å². The van der Waals surface area contributed by atoms with Gasteiger partial charge in [-0.1, -0.05) is 121 Å².